The van der Waals surface area contributed by atoms with Crippen molar-refractivity contribution in [3.8, 4) is 11.5 Å². The van der Waals surface area contributed by atoms with Gasteiger partial charge in [0.15, 0.2) is 16.6 Å². The van der Waals surface area contributed by atoms with E-state index in [0.29, 0.717) is 18.0 Å². The van der Waals surface area contributed by atoms with Crippen molar-refractivity contribution < 1.29 is 14.3 Å². The number of ether oxygens (including phenoxy) is 2. The molecule has 2 aliphatic rings. The van der Waals surface area contributed by atoms with Crippen molar-refractivity contribution in [3.63, 3.8) is 0 Å². The number of piperazine rings is 1. The molecule has 5 rings (SSSR count). The van der Waals surface area contributed by atoms with E-state index in [9.17, 15) is 4.79 Å². The number of para-hydroxylation sites is 2. The van der Waals surface area contributed by atoms with Gasteiger partial charge in [-0.2, -0.15) is 0 Å². The topological polar surface area (TPSA) is 66.9 Å². The molecule has 0 bridgehead atoms. The molecule has 0 aliphatic carbocycles. The van der Waals surface area contributed by atoms with Crippen LogP contribution in [0.4, 0.5) is 5.13 Å². The molecular formula is C22H23BrN4O3S. The zero-order valence-electron chi connectivity index (χ0n) is 16.9. The maximum atomic E-state index is 12.4. The molecule has 2 aromatic carbocycles. The third-order valence-electron chi connectivity index (χ3n) is 5.51. The fraction of sp³-hybridized carbons (Fsp3) is 0.364. The summed E-state index contributed by atoms with van der Waals surface area (Å²) < 4.78 is 13.7. The van der Waals surface area contributed by atoms with E-state index < -0.39 is 6.10 Å². The van der Waals surface area contributed by atoms with Gasteiger partial charge in [-0.3, -0.25) is 9.69 Å². The number of nitrogens with zero attached hydrogens (tertiary/aromatic N) is 3. The lowest BCUT2D eigenvalue weighted by Crippen LogP contribution is -2.50. The number of halogens is 1. The molecule has 1 saturated heterocycles. The first kappa shape index (κ1) is 20.5. The Morgan fingerprint density at radius 1 is 1.16 bits per heavy atom. The van der Waals surface area contributed by atoms with E-state index in [-0.39, 0.29) is 12.5 Å². The predicted molar refractivity (Wildman–Crippen MR) is 125 cm³/mol. The number of hydrogen-bond acceptors (Lipinski definition) is 7. The number of aromatic nitrogens is 1. The lowest BCUT2D eigenvalue weighted by molar-refractivity contribution is -0.130. The van der Waals surface area contributed by atoms with Crippen molar-refractivity contribution in [1.82, 2.24) is 15.2 Å². The van der Waals surface area contributed by atoms with Crippen LogP contribution in [0.25, 0.3) is 10.2 Å². The number of rotatable bonds is 5. The van der Waals surface area contributed by atoms with E-state index in [2.05, 4.69) is 43.2 Å². The fourth-order valence-electron chi connectivity index (χ4n) is 3.78. The number of fused-ring (bicyclic) bond motifs is 2. The molecule has 1 atom stereocenters. The molecule has 1 unspecified atom stereocenters. The molecule has 3 aromatic rings. The SMILES string of the molecule is O=C(NCCN1CCN(c2nc3ccc(Br)cc3s2)CC1)C1COc2ccccc2O1. The number of thiazole rings is 1. The highest BCUT2D eigenvalue weighted by Gasteiger charge is 2.27. The average Bonchev–Trinajstić information content (AvgIpc) is 3.22. The summed E-state index contributed by atoms with van der Waals surface area (Å²) in [5.74, 6) is 1.17. The van der Waals surface area contributed by atoms with Gasteiger partial charge in [-0.25, -0.2) is 4.98 Å². The number of benzene rings is 2. The summed E-state index contributed by atoms with van der Waals surface area (Å²) in [6.07, 6.45) is -0.606. The Hall–Kier alpha value is -2.36. The molecule has 0 spiro atoms. The lowest BCUT2D eigenvalue weighted by Gasteiger charge is -2.34. The quantitative estimate of drug-likeness (QED) is 0.578. The van der Waals surface area contributed by atoms with E-state index in [1.807, 2.05) is 30.3 Å². The average molecular weight is 503 g/mol. The molecule has 1 amide bonds. The second-order valence-corrected chi connectivity index (χ2v) is 9.52. The van der Waals surface area contributed by atoms with Crippen LogP contribution in [0.5, 0.6) is 11.5 Å². The van der Waals surface area contributed by atoms with Gasteiger partial charge in [-0.15, -0.1) is 0 Å². The van der Waals surface area contributed by atoms with E-state index in [1.165, 1.54) is 4.70 Å². The van der Waals surface area contributed by atoms with Gasteiger partial charge in [0.2, 0.25) is 6.10 Å². The Morgan fingerprint density at radius 2 is 1.97 bits per heavy atom. The van der Waals surface area contributed by atoms with Crippen LogP contribution in [-0.4, -0.2) is 67.8 Å². The van der Waals surface area contributed by atoms with Crippen LogP contribution in [-0.2, 0) is 4.79 Å². The summed E-state index contributed by atoms with van der Waals surface area (Å²) in [6, 6.07) is 13.6. The van der Waals surface area contributed by atoms with E-state index in [0.717, 1.165) is 47.8 Å². The Balaban J connectivity index is 1.07. The fourth-order valence-corrected chi connectivity index (χ4v) is 5.35. The third kappa shape index (κ3) is 4.63. The Kier molecular flexibility index (Phi) is 5.97. The highest BCUT2D eigenvalue weighted by molar-refractivity contribution is 9.10. The van der Waals surface area contributed by atoms with Gasteiger partial charge < -0.3 is 19.7 Å². The van der Waals surface area contributed by atoms with Crippen molar-refractivity contribution in [2.24, 2.45) is 0 Å². The van der Waals surface area contributed by atoms with Gasteiger partial charge in [0.05, 0.1) is 10.2 Å². The number of nitrogens with one attached hydrogen (secondary N) is 1. The lowest BCUT2D eigenvalue weighted by atomic mass is 10.2. The summed E-state index contributed by atoms with van der Waals surface area (Å²) in [5.41, 5.74) is 1.05. The minimum absolute atomic E-state index is 0.131. The Bertz CT molecular complexity index is 1080. The van der Waals surface area contributed by atoms with Crippen molar-refractivity contribution >= 4 is 48.5 Å². The normalized spacial score (nSPS) is 18.9. The van der Waals surface area contributed by atoms with Crippen LogP contribution >= 0.6 is 27.3 Å². The van der Waals surface area contributed by atoms with Gasteiger partial charge in [0, 0.05) is 43.7 Å². The molecule has 162 valence electrons. The maximum Gasteiger partial charge on any atom is 0.264 e. The van der Waals surface area contributed by atoms with Crippen molar-refractivity contribution in [1.29, 1.82) is 0 Å². The van der Waals surface area contributed by atoms with Crippen molar-refractivity contribution in [2.45, 2.75) is 6.10 Å². The zero-order valence-corrected chi connectivity index (χ0v) is 19.3. The summed E-state index contributed by atoms with van der Waals surface area (Å²) >= 11 is 5.26. The largest absolute Gasteiger partial charge is 0.485 e. The Labute approximate surface area is 193 Å². The van der Waals surface area contributed by atoms with Crippen LogP contribution in [0.2, 0.25) is 0 Å². The second kappa shape index (κ2) is 9.02. The van der Waals surface area contributed by atoms with Crippen LogP contribution in [0, 0.1) is 0 Å². The van der Waals surface area contributed by atoms with E-state index >= 15 is 0 Å². The summed E-state index contributed by atoms with van der Waals surface area (Å²) in [6.45, 7) is 5.42. The van der Waals surface area contributed by atoms with Crippen LogP contribution in [0.3, 0.4) is 0 Å². The molecule has 31 heavy (non-hydrogen) atoms. The van der Waals surface area contributed by atoms with E-state index in [4.69, 9.17) is 14.5 Å². The first-order valence-corrected chi connectivity index (χ1v) is 12.0. The monoisotopic (exact) mass is 502 g/mol. The highest BCUT2D eigenvalue weighted by Crippen LogP contribution is 2.32. The first-order valence-electron chi connectivity index (χ1n) is 10.4. The highest BCUT2D eigenvalue weighted by atomic mass is 79.9. The molecule has 0 saturated carbocycles. The van der Waals surface area contributed by atoms with Crippen LogP contribution in [0.1, 0.15) is 0 Å². The van der Waals surface area contributed by atoms with Gasteiger partial charge >= 0.3 is 0 Å². The standard InChI is InChI=1S/C22H23BrN4O3S/c23-15-5-6-16-20(13-15)31-22(25-16)27-11-9-26(10-12-27)8-7-24-21(28)19-14-29-17-3-1-2-4-18(17)30-19/h1-6,13,19H,7-12,14H2,(H,24,28). The smallest absolute Gasteiger partial charge is 0.264 e. The molecule has 9 heteroatoms. The minimum Gasteiger partial charge on any atom is -0.485 e. The molecule has 1 aromatic heterocycles. The molecule has 0 radical (unpaired) electrons. The molecule has 2 aliphatic heterocycles. The van der Waals surface area contributed by atoms with Crippen molar-refractivity contribution in [2.75, 3.05) is 50.8 Å². The number of hydrogen-bond donors (Lipinski definition) is 1. The number of anilines is 1. The minimum atomic E-state index is -0.606. The van der Waals surface area contributed by atoms with Gasteiger partial charge in [-0.05, 0) is 30.3 Å². The number of carbonyl (C=O) groups excluding carboxylic acids is 1. The zero-order chi connectivity index (χ0) is 21.2. The van der Waals surface area contributed by atoms with Crippen molar-refractivity contribution in [3.05, 3.63) is 46.9 Å². The summed E-state index contributed by atoms with van der Waals surface area (Å²) in [5, 5.41) is 4.06. The Morgan fingerprint density at radius 3 is 2.81 bits per heavy atom. The summed E-state index contributed by atoms with van der Waals surface area (Å²) in [4.78, 5) is 21.9. The van der Waals surface area contributed by atoms with Gasteiger partial charge in [0.25, 0.3) is 5.91 Å². The van der Waals surface area contributed by atoms with Gasteiger partial charge in [-0.1, -0.05) is 39.4 Å². The molecule has 3 heterocycles. The van der Waals surface area contributed by atoms with E-state index in [1.54, 1.807) is 11.3 Å². The first-order chi connectivity index (χ1) is 15.2. The molecule has 1 fully saturated rings. The third-order valence-corrected chi connectivity index (χ3v) is 7.08. The molecule has 1 N–H and O–H groups in total. The predicted octanol–water partition coefficient (Wildman–Crippen LogP) is 3.14. The number of amides is 1. The number of carbonyl (C=O) groups is 1. The molecule has 7 nitrogen and oxygen atoms in total. The maximum absolute atomic E-state index is 12.4. The van der Waals surface area contributed by atoms with Gasteiger partial charge in [0.1, 0.15) is 6.61 Å². The second-order valence-electron chi connectivity index (χ2n) is 7.59. The summed E-state index contributed by atoms with van der Waals surface area (Å²) in [7, 11) is 0. The molecular weight excluding hydrogens is 480 g/mol. The van der Waals surface area contributed by atoms with Crippen LogP contribution in [0.15, 0.2) is 46.9 Å². The van der Waals surface area contributed by atoms with Crippen LogP contribution < -0.4 is 19.7 Å².